The van der Waals surface area contributed by atoms with Crippen molar-refractivity contribution in [3.63, 3.8) is 0 Å². The number of fused-ring (bicyclic) bond motifs is 1. The molecule has 3 aromatic rings. The molecule has 0 saturated carbocycles. The Morgan fingerprint density at radius 2 is 1.80 bits per heavy atom. The van der Waals surface area contributed by atoms with Gasteiger partial charge in [-0.3, -0.25) is 19.6 Å². The summed E-state index contributed by atoms with van der Waals surface area (Å²) in [7, 11) is -4.31. The van der Waals surface area contributed by atoms with Crippen molar-refractivity contribution < 1.29 is 37.1 Å². The number of sulfonamides is 1. The fourth-order valence-electron chi connectivity index (χ4n) is 3.76. The van der Waals surface area contributed by atoms with E-state index in [1.54, 1.807) is 18.2 Å². The fraction of sp³-hybridized carbons (Fsp3) is 0.192. The van der Waals surface area contributed by atoms with Gasteiger partial charge >= 0.3 is 5.97 Å². The van der Waals surface area contributed by atoms with E-state index in [-0.39, 0.29) is 29.1 Å². The summed E-state index contributed by atoms with van der Waals surface area (Å²) < 4.78 is 44.2. The van der Waals surface area contributed by atoms with E-state index in [2.05, 4.69) is 4.72 Å². The third kappa shape index (κ3) is 6.45. The number of hydrogen-bond acceptors (Lipinski definition) is 10. The molecule has 1 N–H and O–H groups in total. The number of nitrogens with one attached hydrogen (secondary N) is 1. The Kier molecular flexibility index (Phi) is 8.45. The van der Waals surface area contributed by atoms with Crippen LogP contribution in [0.5, 0.6) is 11.5 Å². The van der Waals surface area contributed by atoms with Crippen molar-refractivity contribution in [1.29, 1.82) is 5.26 Å². The SMILES string of the molecule is N#CCCN(C(=O)COC(=O)c1ccccc1NS(=O)(=O)c1cccc([N+](=O)[O-])c1)c1ccc2c(c1)OCCO2. The van der Waals surface area contributed by atoms with Gasteiger partial charge in [-0.2, -0.15) is 5.26 Å². The number of para-hydroxylation sites is 1. The quantitative estimate of drug-likeness (QED) is 0.217. The van der Waals surface area contributed by atoms with Gasteiger partial charge in [-0.15, -0.1) is 0 Å². The van der Waals surface area contributed by atoms with Crippen LogP contribution in [-0.4, -0.2) is 51.6 Å². The molecule has 0 saturated heterocycles. The van der Waals surface area contributed by atoms with Gasteiger partial charge in [0.2, 0.25) is 0 Å². The molecular weight excluding hydrogens is 544 g/mol. The van der Waals surface area contributed by atoms with E-state index in [0.717, 1.165) is 12.1 Å². The second-order valence-electron chi connectivity index (χ2n) is 8.26. The van der Waals surface area contributed by atoms with E-state index < -0.39 is 39.1 Å². The summed E-state index contributed by atoms with van der Waals surface area (Å²) in [5, 5.41) is 20.1. The predicted molar refractivity (Wildman–Crippen MR) is 141 cm³/mol. The zero-order valence-electron chi connectivity index (χ0n) is 20.8. The molecular formula is C26H22N4O9S. The molecule has 3 aromatic carbocycles. The molecule has 1 aliphatic rings. The Labute approximate surface area is 228 Å². The molecule has 0 spiro atoms. The minimum absolute atomic E-state index is 0.0103. The van der Waals surface area contributed by atoms with Crippen molar-refractivity contribution in [2.45, 2.75) is 11.3 Å². The molecule has 0 fully saturated rings. The van der Waals surface area contributed by atoms with Crippen LogP contribution in [0.4, 0.5) is 17.1 Å². The topological polar surface area (TPSA) is 178 Å². The van der Waals surface area contributed by atoms with Crippen LogP contribution in [0, 0.1) is 21.4 Å². The number of esters is 1. The average Bonchev–Trinajstić information content (AvgIpc) is 2.96. The summed E-state index contributed by atoms with van der Waals surface area (Å²) in [6.45, 7) is 0.0452. The molecule has 0 aromatic heterocycles. The van der Waals surface area contributed by atoms with Gasteiger partial charge in [0.1, 0.15) is 13.2 Å². The third-order valence-corrected chi connectivity index (χ3v) is 7.01. The van der Waals surface area contributed by atoms with Gasteiger partial charge in [0, 0.05) is 30.4 Å². The molecule has 13 nitrogen and oxygen atoms in total. The van der Waals surface area contributed by atoms with Gasteiger partial charge in [0.25, 0.3) is 21.6 Å². The van der Waals surface area contributed by atoms with Crippen molar-refractivity contribution in [2.24, 2.45) is 0 Å². The molecule has 0 atom stereocenters. The predicted octanol–water partition coefficient (Wildman–Crippen LogP) is 3.27. The molecule has 1 aliphatic heterocycles. The maximum atomic E-state index is 13.0. The van der Waals surface area contributed by atoms with E-state index in [1.807, 2.05) is 6.07 Å². The first-order chi connectivity index (χ1) is 19.2. The number of non-ortho nitro benzene ring substituents is 1. The molecule has 0 bridgehead atoms. The molecule has 1 heterocycles. The maximum absolute atomic E-state index is 13.0. The normalized spacial score (nSPS) is 12.1. The summed E-state index contributed by atoms with van der Waals surface area (Å²) in [5.41, 5.74) is -0.356. The third-order valence-electron chi connectivity index (χ3n) is 5.64. The average molecular weight is 567 g/mol. The van der Waals surface area contributed by atoms with Gasteiger partial charge < -0.3 is 19.1 Å². The summed E-state index contributed by atoms with van der Waals surface area (Å²) in [6.07, 6.45) is 0.0103. The number of anilines is 2. The zero-order chi connectivity index (χ0) is 28.7. The molecule has 0 aliphatic carbocycles. The largest absolute Gasteiger partial charge is 0.486 e. The first-order valence-electron chi connectivity index (χ1n) is 11.8. The van der Waals surface area contributed by atoms with Gasteiger partial charge in [-0.1, -0.05) is 18.2 Å². The van der Waals surface area contributed by atoms with Gasteiger partial charge in [0.15, 0.2) is 18.1 Å². The van der Waals surface area contributed by atoms with Crippen LogP contribution < -0.4 is 19.1 Å². The smallest absolute Gasteiger partial charge is 0.340 e. The highest BCUT2D eigenvalue weighted by Crippen LogP contribution is 2.34. The van der Waals surface area contributed by atoms with Crippen LogP contribution in [0.15, 0.2) is 71.6 Å². The van der Waals surface area contributed by atoms with Crippen LogP contribution in [0.3, 0.4) is 0 Å². The number of benzene rings is 3. The lowest BCUT2D eigenvalue weighted by Crippen LogP contribution is -2.35. The van der Waals surface area contributed by atoms with Gasteiger partial charge in [0.05, 0.1) is 33.6 Å². The zero-order valence-corrected chi connectivity index (χ0v) is 21.6. The van der Waals surface area contributed by atoms with E-state index in [1.165, 1.54) is 41.3 Å². The Morgan fingerprint density at radius 3 is 2.55 bits per heavy atom. The Balaban J connectivity index is 1.49. The molecule has 40 heavy (non-hydrogen) atoms. The van der Waals surface area contributed by atoms with Gasteiger partial charge in [-0.25, -0.2) is 13.2 Å². The van der Waals surface area contributed by atoms with Crippen molar-refractivity contribution in [3.8, 4) is 17.6 Å². The Hall–Kier alpha value is -5.16. The maximum Gasteiger partial charge on any atom is 0.340 e. The highest BCUT2D eigenvalue weighted by Gasteiger charge is 2.24. The molecule has 14 heteroatoms. The van der Waals surface area contributed by atoms with E-state index in [9.17, 15) is 28.1 Å². The van der Waals surface area contributed by atoms with Crippen molar-refractivity contribution in [1.82, 2.24) is 0 Å². The number of ether oxygens (including phenoxy) is 3. The van der Waals surface area contributed by atoms with Crippen molar-refractivity contribution in [2.75, 3.05) is 36.0 Å². The first-order valence-corrected chi connectivity index (χ1v) is 13.3. The van der Waals surface area contributed by atoms with Crippen LogP contribution in [0.2, 0.25) is 0 Å². The number of hydrogen-bond donors (Lipinski definition) is 1. The van der Waals surface area contributed by atoms with Crippen molar-refractivity contribution in [3.05, 3.63) is 82.4 Å². The summed E-state index contributed by atoms with van der Waals surface area (Å²) in [6, 6.07) is 16.8. The number of nitriles is 1. The highest BCUT2D eigenvalue weighted by atomic mass is 32.2. The van der Waals surface area contributed by atoms with Crippen LogP contribution >= 0.6 is 0 Å². The molecule has 4 rings (SSSR count). The Morgan fingerprint density at radius 1 is 1.05 bits per heavy atom. The molecule has 206 valence electrons. The van der Waals surface area contributed by atoms with E-state index in [4.69, 9.17) is 19.5 Å². The van der Waals surface area contributed by atoms with Crippen LogP contribution in [0.25, 0.3) is 0 Å². The number of nitro benzene ring substituents is 1. The molecule has 1 amide bonds. The minimum Gasteiger partial charge on any atom is -0.486 e. The van der Waals surface area contributed by atoms with Crippen molar-refractivity contribution >= 4 is 39.0 Å². The lowest BCUT2D eigenvalue weighted by atomic mass is 10.2. The number of carbonyl (C=O) groups excluding carboxylic acids is 2. The highest BCUT2D eigenvalue weighted by molar-refractivity contribution is 7.92. The molecule has 0 radical (unpaired) electrons. The van der Waals surface area contributed by atoms with Gasteiger partial charge in [-0.05, 0) is 30.3 Å². The lowest BCUT2D eigenvalue weighted by molar-refractivity contribution is -0.385. The fourth-order valence-corrected chi connectivity index (χ4v) is 4.88. The first kappa shape index (κ1) is 27.9. The number of carbonyl (C=O) groups is 2. The summed E-state index contributed by atoms with van der Waals surface area (Å²) in [5.74, 6) is -0.679. The number of nitro groups is 1. The monoisotopic (exact) mass is 566 g/mol. The number of rotatable bonds is 10. The summed E-state index contributed by atoms with van der Waals surface area (Å²) in [4.78, 5) is 37.1. The Bertz CT molecular complexity index is 1600. The van der Waals surface area contributed by atoms with Crippen LogP contribution in [0.1, 0.15) is 16.8 Å². The standard InChI is InChI=1S/C26H22N4O9S/c27-11-4-12-29(18-9-10-23-24(16-18)38-14-13-37-23)25(31)17-39-26(32)21-7-1-2-8-22(21)28-40(35,36)20-6-3-5-19(15-20)30(33)34/h1-3,5-10,15-16,28H,4,12-14,17H2. The van der Waals surface area contributed by atoms with Crippen LogP contribution in [-0.2, 0) is 19.6 Å². The van der Waals surface area contributed by atoms with E-state index >= 15 is 0 Å². The number of nitrogens with zero attached hydrogens (tertiary/aromatic N) is 3. The minimum atomic E-state index is -4.31. The lowest BCUT2D eigenvalue weighted by Gasteiger charge is -2.24. The van der Waals surface area contributed by atoms with E-state index in [0.29, 0.717) is 30.4 Å². The second-order valence-corrected chi connectivity index (χ2v) is 9.95. The number of amides is 1. The molecule has 0 unspecified atom stereocenters. The summed E-state index contributed by atoms with van der Waals surface area (Å²) >= 11 is 0. The second kappa shape index (κ2) is 12.1.